The van der Waals surface area contributed by atoms with E-state index in [-0.39, 0.29) is 29.8 Å². The molecule has 1 N–H and O–H groups in total. The largest absolute Gasteiger partial charge is 0.465 e. The molecule has 8 heteroatoms. The summed E-state index contributed by atoms with van der Waals surface area (Å²) < 4.78 is 18.6. The SMILES string of the molecule is COC(=O)c1cccc(N(C(=O)Cc2cccs2)[C@@H](C(=O)NC2CCCC2)c2ccc(F)cc2)c1. The standard InChI is InChI=1S/C27H27FN2O4S/c1-34-27(33)19-6-4-9-22(16-19)30(24(31)17-23-10-5-15-35-23)25(18-11-13-20(28)14-12-18)26(32)29-21-7-2-3-8-21/h4-6,9-16,21,25H,2-3,7-8,17H2,1H3,(H,29,32)/t25-/m1/s1. The quantitative estimate of drug-likeness (QED) is 0.445. The lowest BCUT2D eigenvalue weighted by Crippen LogP contribution is -2.47. The van der Waals surface area contributed by atoms with Crippen molar-refractivity contribution in [3.8, 4) is 0 Å². The van der Waals surface area contributed by atoms with Gasteiger partial charge in [-0.25, -0.2) is 9.18 Å². The number of thiophene rings is 1. The van der Waals surface area contributed by atoms with Gasteiger partial charge >= 0.3 is 5.97 Å². The number of ether oxygens (including phenoxy) is 1. The van der Waals surface area contributed by atoms with Crippen molar-refractivity contribution in [1.82, 2.24) is 5.32 Å². The van der Waals surface area contributed by atoms with Gasteiger partial charge in [0.1, 0.15) is 11.9 Å². The zero-order valence-electron chi connectivity index (χ0n) is 19.4. The van der Waals surface area contributed by atoms with E-state index in [0.717, 1.165) is 30.6 Å². The third-order valence-corrected chi connectivity index (χ3v) is 6.99. The molecule has 0 unspecified atom stereocenters. The van der Waals surface area contributed by atoms with Gasteiger partial charge in [0.2, 0.25) is 11.8 Å². The molecule has 1 atom stereocenters. The molecule has 182 valence electrons. The van der Waals surface area contributed by atoms with Crippen LogP contribution >= 0.6 is 11.3 Å². The summed E-state index contributed by atoms with van der Waals surface area (Å²) >= 11 is 1.45. The van der Waals surface area contributed by atoms with Crippen molar-refractivity contribution < 1.29 is 23.5 Å². The summed E-state index contributed by atoms with van der Waals surface area (Å²) in [5.74, 6) is -1.64. The lowest BCUT2D eigenvalue weighted by molar-refractivity contribution is -0.127. The Bertz CT molecular complexity index is 1170. The van der Waals surface area contributed by atoms with Gasteiger partial charge in [-0.1, -0.05) is 37.1 Å². The first kappa shape index (κ1) is 24.6. The highest BCUT2D eigenvalue weighted by Gasteiger charge is 2.34. The summed E-state index contributed by atoms with van der Waals surface area (Å²) in [6, 6.07) is 14.7. The van der Waals surface area contributed by atoms with Crippen molar-refractivity contribution in [3.63, 3.8) is 0 Å². The number of hydrogen-bond acceptors (Lipinski definition) is 5. The highest BCUT2D eigenvalue weighted by atomic mass is 32.1. The van der Waals surface area contributed by atoms with Gasteiger partial charge in [-0.05, 0) is 60.2 Å². The maximum absolute atomic E-state index is 13.8. The van der Waals surface area contributed by atoms with Crippen LogP contribution in [0.4, 0.5) is 10.1 Å². The van der Waals surface area contributed by atoms with Gasteiger partial charge in [-0.15, -0.1) is 11.3 Å². The topological polar surface area (TPSA) is 75.7 Å². The second kappa shape index (κ2) is 11.3. The maximum atomic E-state index is 13.8. The van der Waals surface area contributed by atoms with Crippen molar-refractivity contribution in [3.05, 3.63) is 87.9 Å². The number of halogens is 1. The average molecular weight is 495 g/mol. The van der Waals surface area contributed by atoms with E-state index in [0.29, 0.717) is 11.3 Å². The molecule has 1 fully saturated rings. The van der Waals surface area contributed by atoms with E-state index in [9.17, 15) is 18.8 Å². The van der Waals surface area contributed by atoms with Gasteiger partial charge in [0.05, 0.1) is 19.1 Å². The molecule has 1 aromatic heterocycles. The maximum Gasteiger partial charge on any atom is 0.337 e. The first-order valence-electron chi connectivity index (χ1n) is 11.5. The van der Waals surface area contributed by atoms with E-state index in [1.807, 2.05) is 17.5 Å². The zero-order valence-corrected chi connectivity index (χ0v) is 20.2. The number of anilines is 1. The molecule has 6 nitrogen and oxygen atoms in total. The van der Waals surface area contributed by atoms with Crippen LogP contribution in [0.2, 0.25) is 0 Å². The summed E-state index contributed by atoms with van der Waals surface area (Å²) in [4.78, 5) is 41.9. The zero-order chi connectivity index (χ0) is 24.8. The fourth-order valence-corrected chi connectivity index (χ4v) is 5.09. The van der Waals surface area contributed by atoms with Gasteiger partial charge in [-0.2, -0.15) is 0 Å². The predicted octanol–water partition coefficient (Wildman–Crippen LogP) is 5.05. The number of carbonyl (C=O) groups is 3. The molecular formula is C27H27FN2O4S. The molecule has 3 aromatic rings. The van der Waals surface area contributed by atoms with E-state index in [1.165, 1.54) is 53.7 Å². The normalized spacial score (nSPS) is 14.3. The van der Waals surface area contributed by atoms with E-state index in [4.69, 9.17) is 4.74 Å². The molecule has 0 aliphatic heterocycles. The smallest absolute Gasteiger partial charge is 0.337 e. The van der Waals surface area contributed by atoms with Crippen molar-refractivity contribution in [2.45, 2.75) is 44.2 Å². The van der Waals surface area contributed by atoms with Crippen LogP contribution < -0.4 is 10.2 Å². The molecule has 2 amide bonds. The number of benzene rings is 2. The molecule has 1 saturated carbocycles. The summed E-state index contributed by atoms with van der Waals surface area (Å²) in [5.41, 5.74) is 1.11. The molecular weight excluding hydrogens is 467 g/mol. The van der Waals surface area contributed by atoms with Gasteiger partial charge in [-0.3, -0.25) is 14.5 Å². The van der Waals surface area contributed by atoms with E-state index in [2.05, 4.69) is 5.32 Å². The number of esters is 1. The minimum atomic E-state index is -1.04. The molecule has 2 aromatic carbocycles. The predicted molar refractivity (Wildman–Crippen MR) is 133 cm³/mol. The fraction of sp³-hybridized carbons (Fsp3) is 0.296. The van der Waals surface area contributed by atoms with Crippen molar-refractivity contribution in [1.29, 1.82) is 0 Å². The third kappa shape index (κ3) is 5.95. The van der Waals surface area contributed by atoms with Crippen LogP contribution in [0, 0.1) is 5.82 Å². The molecule has 1 heterocycles. The number of nitrogens with zero attached hydrogens (tertiary/aromatic N) is 1. The molecule has 0 saturated heterocycles. The van der Waals surface area contributed by atoms with Crippen molar-refractivity contribution in [2.24, 2.45) is 0 Å². The Morgan fingerprint density at radius 3 is 2.49 bits per heavy atom. The lowest BCUT2D eigenvalue weighted by Gasteiger charge is -2.32. The van der Waals surface area contributed by atoms with Crippen LogP contribution in [0.3, 0.4) is 0 Å². The van der Waals surface area contributed by atoms with Crippen LogP contribution in [0.1, 0.15) is 52.5 Å². The number of methoxy groups -OCH3 is 1. The average Bonchev–Trinajstić information content (AvgIpc) is 3.57. The summed E-state index contributed by atoms with van der Waals surface area (Å²) in [5, 5.41) is 4.97. The minimum absolute atomic E-state index is 0.0288. The van der Waals surface area contributed by atoms with Crippen molar-refractivity contribution >= 4 is 34.8 Å². The van der Waals surface area contributed by atoms with E-state index in [1.54, 1.807) is 18.2 Å². The first-order chi connectivity index (χ1) is 17.0. The lowest BCUT2D eigenvalue weighted by atomic mass is 10.0. The number of carbonyl (C=O) groups excluding carboxylic acids is 3. The molecule has 1 aliphatic carbocycles. The Balaban J connectivity index is 1.79. The first-order valence-corrected chi connectivity index (χ1v) is 12.4. The molecule has 4 rings (SSSR count). The van der Waals surface area contributed by atoms with Gasteiger partial charge in [0, 0.05) is 16.6 Å². The fourth-order valence-electron chi connectivity index (χ4n) is 4.40. The van der Waals surface area contributed by atoms with E-state index >= 15 is 0 Å². The summed E-state index contributed by atoms with van der Waals surface area (Å²) in [6.45, 7) is 0. The monoisotopic (exact) mass is 494 g/mol. The molecule has 1 aliphatic rings. The second-order valence-electron chi connectivity index (χ2n) is 8.51. The minimum Gasteiger partial charge on any atom is -0.465 e. The number of hydrogen-bond donors (Lipinski definition) is 1. The number of amides is 2. The highest BCUT2D eigenvalue weighted by Crippen LogP contribution is 2.31. The Morgan fingerprint density at radius 2 is 1.83 bits per heavy atom. The third-order valence-electron chi connectivity index (χ3n) is 6.11. The van der Waals surface area contributed by atoms with Crippen LogP contribution in [0.25, 0.3) is 0 Å². The van der Waals surface area contributed by atoms with Gasteiger partial charge < -0.3 is 10.1 Å². The summed E-state index contributed by atoms with van der Waals surface area (Å²) in [6.07, 6.45) is 3.91. The Kier molecular flexibility index (Phi) is 7.92. The molecule has 0 bridgehead atoms. The Hall–Kier alpha value is -3.52. The van der Waals surface area contributed by atoms with E-state index < -0.39 is 17.8 Å². The molecule has 0 spiro atoms. The molecule has 0 radical (unpaired) electrons. The Morgan fingerprint density at radius 1 is 1.09 bits per heavy atom. The Labute approximate surface area is 207 Å². The highest BCUT2D eigenvalue weighted by molar-refractivity contribution is 7.10. The second-order valence-corrected chi connectivity index (χ2v) is 9.54. The molecule has 35 heavy (non-hydrogen) atoms. The van der Waals surface area contributed by atoms with Crippen LogP contribution in [-0.4, -0.2) is 30.9 Å². The summed E-state index contributed by atoms with van der Waals surface area (Å²) in [7, 11) is 1.28. The number of nitrogens with one attached hydrogen (secondary N) is 1. The van der Waals surface area contributed by atoms with Crippen LogP contribution in [-0.2, 0) is 20.7 Å². The van der Waals surface area contributed by atoms with Crippen LogP contribution in [0.5, 0.6) is 0 Å². The number of rotatable bonds is 8. The van der Waals surface area contributed by atoms with Gasteiger partial charge in [0.25, 0.3) is 0 Å². The van der Waals surface area contributed by atoms with Crippen molar-refractivity contribution in [2.75, 3.05) is 12.0 Å². The van der Waals surface area contributed by atoms with Gasteiger partial charge in [0.15, 0.2) is 0 Å². The van der Waals surface area contributed by atoms with Crippen LogP contribution in [0.15, 0.2) is 66.0 Å².